The second kappa shape index (κ2) is 38.9. The minimum atomic E-state index is -3.85. The zero-order valence-electron chi connectivity index (χ0n) is 69.3. The molecule has 4 aliphatic heterocycles. The van der Waals surface area contributed by atoms with E-state index in [9.17, 15) is 71.7 Å². The standard InChI is InChI=1S/C21H30O4S.C16H11ClN2O3.C16H15NO2.C16H12O3S.C13H11N3O4S2.C9H15N3.Na.H/c1-19-7-5-13(22)9-12(19)3-4-14-15-6-8-21(25,17(24)11-26)20(15,2)10-16(23)18(14)19;17-9-5-7-10(8-6-9)18-15(21)13-11-3-1-2-4-12(11)14(20)19-16(13)22;18-15-13-9-5-4-8-12(13)14(16(19)17-15)10-11-6-2-1-3-7-11;17-15(18)8-10-5-6-13-14(7-10)20-9-11-3-1-2-4-12(11)16(13)19;1-16-10(13(18)15-9-4-2-3-6-14-9)11(17)12-8(5-7-21-12)22(16,19)20;1-10-9-7-5-3-4-6-8(7)11-12(9)2;;/h9,14-16,18,23,25-26H,3-8,10-11H2,1-2H3;1-8,13H,(H,18,21)(H,19,20,22);1-3,6-7,10H,4-5,8-9H2,(H,17,18,19);1-7H,8-9H2,(H,17,18);2-7,17H,1H3,(H,14,15,18);10H,3-6H2,1-2H3;;/q;;;;;;+1;-1/b;;14-10-;;;;;/t14-,15-,16-,18+,19-,20-,21-;;;;;;;/m0......./s1. The van der Waals surface area contributed by atoms with Gasteiger partial charge >= 0.3 is 35.5 Å². The normalized spacial score (nSPS) is 23.8. The summed E-state index contributed by atoms with van der Waals surface area (Å²) < 4.78 is 27.5. The number of hydrogen-bond acceptors (Lipinski definition) is 21. The molecule has 632 valence electrons. The van der Waals surface area contributed by atoms with E-state index < -0.39 is 62.7 Å². The number of thiophene rings is 1. The molecule has 1 unspecified atom stereocenters. The van der Waals surface area contributed by atoms with Crippen LogP contribution in [0, 0.1) is 28.6 Å². The molecule has 3 aromatic heterocycles. The van der Waals surface area contributed by atoms with Gasteiger partial charge in [-0.05, 0) is 219 Å². The number of aliphatic carboxylic acids is 1. The quantitative estimate of drug-likeness (QED) is 0.0200. The number of nitrogens with one attached hydrogen (secondary N) is 5. The molecule has 25 nitrogen and oxygen atoms in total. The number of halogens is 1. The molecule has 0 saturated heterocycles. The summed E-state index contributed by atoms with van der Waals surface area (Å²) in [7, 11) is 1.34. The van der Waals surface area contributed by atoms with Crippen LogP contribution in [-0.2, 0) is 80.4 Å². The van der Waals surface area contributed by atoms with Crippen LogP contribution in [0.3, 0.4) is 0 Å². The van der Waals surface area contributed by atoms with E-state index in [2.05, 4.69) is 56.2 Å². The largest absolute Gasteiger partial charge is 1.00 e. The van der Waals surface area contributed by atoms with E-state index in [-0.39, 0.29) is 117 Å². The predicted octanol–water partition coefficient (Wildman–Crippen LogP) is 10.9. The average Bonchev–Trinajstić information content (AvgIpc) is 1.56. The number of benzene rings is 5. The third-order valence-corrected chi connectivity index (χ3v) is 29.2. The number of carbonyl (C=O) groups is 10. The number of anilines is 3. The van der Waals surface area contributed by atoms with Crippen molar-refractivity contribution in [3.63, 3.8) is 0 Å². The van der Waals surface area contributed by atoms with E-state index in [0.717, 1.165) is 117 Å². The number of carboxylic acids is 1. The first-order valence-corrected chi connectivity index (χ1v) is 44.4. The summed E-state index contributed by atoms with van der Waals surface area (Å²) in [6, 6.07) is 42.0. The zero-order valence-corrected chi connectivity index (χ0v) is 74.4. The maximum absolute atomic E-state index is 12.5. The third-order valence-electron chi connectivity index (χ3n) is 24.7. The number of hydrogen-bond donors (Lipinski definition) is 10. The van der Waals surface area contributed by atoms with Crippen LogP contribution in [0.1, 0.15) is 169 Å². The molecule has 18 rings (SSSR count). The fourth-order valence-corrected chi connectivity index (χ4v) is 22.8. The molecule has 8 atom stereocenters. The van der Waals surface area contributed by atoms with Crippen LogP contribution in [0.15, 0.2) is 201 Å². The number of Topliss-reactive ketones (excluding diaryl/α,β-unsaturated/α-hetero) is 1. The number of likely N-dealkylation sites (N-methyl/N-ethyl adjacent to an activating group) is 1. The first kappa shape index (κ1) is 91.3. The maximum Gasteiger partial charge on any atom is 1.00 e. The van der Waals surface area contributed by atoms with Crippen molar-refractivity contribution in [2.24, 2.45) is 35.6 Å². The molecule has 5 aromatic carbocycles. The van der Waals surface area contributed by atoms with Gasteiger partial charge in [-0.15, -0.1) is 23.1 Å². The number of pyridine rings is 1. The minimum Gasteiger partial charge on any atom is -1.00 e. The fourth-order valence-electron chi connectivity index (χ4n) is 18.7. The number of aliphatic hydroxyl groups excluding tert-OH is 2. The first-order chi connectivity index (χ1) is 57.9. The number of imide groups is 2. The van der Waals surface area contributed by atoms with Gasteiger partial charge < -0.3 is 37.8 Å². The van der Waals surface area contributed by atoms with E-state index in [1.165, 1.54) is 61.2 Å². The van der Waals surface area contributed by atoms with E-state index in [4.69, 9.17) is 16.7 Å². The van der Waals surface area contributed by atoms with Crippen molar-refractivity contribution in [3.8, 4) is 0 Å². The minimum absolute atomic E-state index is 0. The molecule has 122 heavy (non-hydrogen) atoms. The molecule has 3 saturated carbocycles. The summed E-state index contributed by atoms with van der Waals surface area (Å²) in [5.74, 6) is -2.25. The van der Waals surface area contributed by atoms with Gasteiger partial charge in [0.25, 0.3) is 33.7 Å². The van der Waals surface area contributed by atoms with E-state index >= 15 is 0 Å². The van der Waals surface area contributed by atoms with Crippen molar-refractivity contribution in [2.75, 3.05) is 35.8 Å². The number of thioether (sulfide) groups is 1. The van der Waals surface area contributed by atoms with Crippen LogP contribution in [0.25, 0.3) is 11.8 Å². The molecule has 6 amide bonds. The number of sulfonamides is 1. The van der Waals surface area contributed by atoms with Crippen molar-refractivity contribution in [3.05, 3.63) is 251 Å². The Morgan fingerprint density at radius 3 is 2.16 bits per heavy atom. The second-order valence-electron chi connectivity index (χ2n) is 31.8. The Kier molecular flexibility index (Phi) is 29.1. The maximum atomic E-state index is 12.5. The molecule has 0 radical (unpaired) electrons. The van der Waals surface area contributed by atoms with Crippen LogP contribution in [-0.4, -0.2) is 138 Å². The summed E-state index contributed by atoms with van der Waals surface area (Å²) in [5.41, 5.74) is 9.32. The molecule has 6 aliphatic carbocycles. The number of thiol groups is 1. The summed E-state index contributed by atoms with van der Waals surface area (Å²) in [4.78, 5) is 125. The van der Waals surface area contributed by atoms with E-state index in [1.54, 1.807) is 96.0 Å². The Hall–Kier alpha value is -9.92. The Morgan fingerprint density at radius 2 is 1.45 bits per heavy atom. The summed E-state index contributed by atoms with van der Waals surface area (Å²) in [5, 5.41) is 61.2. The number of carboxylic acid groups (broad SMARTS) is 1. The molecule has 0 bridgehead atoms. The second-order valence-corrected chi connectivity index (χ2v) is 36.4. The number of aryl methyl sites for hydroxylation is 2. The number of aromatic nitrogens is 3. The average molecular weight is 1760 g/mol. The number of aliphatic hydroxyl groups is 3. The smallest absolute Gasteiger partial charge is 1.00 e. The van der Waals surface area contributed by atoms with Gasteiger partial charge in [-0.25, -0.2) is 13.4 Å². The number of carbonyl (C=O) groups excluding carboxylic acids is 9. The molecule has 7 heterocycles. The molecule has 8 aromatic rings. The summed E-state index contributed by atoms with van der Waals surface area (Å²) >= 11 is 12.6. The van der Waals surface area contributed by atoms with Crippen LogP contribution in [0.4, 0.5) is 17.3 Å². The van der Waals surface area contributed by atoms with Crippen molar-refractivity contribution in [1.29, 1.82) is 0 Å². The van der Waals surface area contributed by atoms with Gasteiger partial charge in [-0.1, -0.05) is 116 Å². The Balaban J connectivity index is 0.000000145. The van der Waals surface area contributed by atoms with Crippen molar-refractivity contribution in [2.45, 2.75) is 150 Å². The van der Waals surface area contributed by atoms with Gasteiger partial charge in [0.15, 0.2) is 28.8 Å². The SMILES string of the molecule is CN1C(C(=O)Nc2ccccn2)=C(O)c2sccc2S1(=O)=O.CNc1c2c(nn1C)CCCC2.C[C@]12CCC(=O)C=C1CC[C@@H]1[C@@H]2[C@@H](O)C[C@@]2(C)[C@H]1CC[C@]2(O)C(=O)CS.O=C(O)Cc1ccc2c(c1)SCc1ccccc1C2=O.O=C1NC(=O)/C(=C\c2ccccc2)C2=C1CCCC2.O=C1NC(=O)C(C(=O)Nc2ccc(Cl)cc2)c2ccccc21.[H-].[Na+]. The number of allylic oxidation sites excluding steroid dienone is 1. The van der Waals surface area contributed by atoms with Crippen LogP contribution < -0.4 is 56.1 Å². The molecule has 9 N–H and O–H groups in total. The topological polar surface area (TPSA) is 380 Å². The van der Waals surface area contributed by atoms with Gasteiger partial charge in [0.1, 0.15) is 28.1 Å². The summed E-state index contributed by atoms with van der Waals surface area (Å²) in [6.45, 7) is 4.22. The Bertz CT molecular complexity index is 5710. The first-order valence-electron chi connectivity index (χ1n) is 40.1. The number of ketones is 3. The molecule has 31 heteroatoms. The summed E-state index contributed by atoms with van der Waals surface area (Å²) in [6.07, 6.45) is 18.2. The zero-order chi connectivity index (χ0) is 86.4. The molecular formula is C91H95ClN9NaO16S4. The van der Waals surface area contributed by atoms with Gasteiger partial charge in [0.05, 0.1) is 28.8 Å². The Labute approximate surface area is 749 Å². The Morgan fingerprint density at radius 1 is 0.762 bits per heavy atom. The van der Waals surface area contributed by atoms with Crippen LogP contribution in [0.2, 0.25) is 5.02 Å². The number of nitrogens with zero attached hydrogens (tertiary/aromatic N) is 4. The predicted molar refractivity (Wildman–Crippen MR) is 466 cm³/mol. The van der Waals surface area contributed by atoms with Gasteiger partial charge in [0.2, 0.25) is 11.8 Å². The number of amides is 6. The molecule has 10 aliphatic rings. The van der Waals surface area contributed by atoms with Crippen molar-refractivity contribution < 1.29 is 108 Å². The third kappa shape index (κ3) is 18.9. The molecule has 0 spiro atoms. The monoisotopic (exact) mass is 1760 g/mol. The van der Waals surface area contributed by atoms with Crippen molar-refractivity contribution >= 4 is 145 Å². The van der Waals surface area contributed by atoms with E-state index in [0.29, 0.717) is 58.2 Å². The van der Waals surface area contributed by atoms with Gasteiger partial charge in [-0.2, -0.15) is 17.7 Å². The number of fused-ring (bicyclic) bond motifs is 10. The van der Waals surface area contributed by atoms with Gasteiger partial charge in [0, 0.05) is 93.9 Å². The fraction of sp³-hybridized carbons (Fsp3) is 0.341. The van der Waals surface area contributed by atoms with Crippen molar-refractivity contribution in [1.82, 2.24) is 29.7 Å². The van der Waals surface area contributed by atoms with Gasteiger partial charge in [-0.3, -0.25) is 67.6 Å². The van der Waals surface area contributed by atoms with E-state index in [1.807, 2.05) is 98.5 Å². The van der Waals surface area contributed by atoms with Crippen LogP contribution >= 0.6 is 47.3 Å². The van der Waals surface area contributed by atoms with Crippen LogP contribution in [0.5, 0.6) is 0 Å². The molecule has 3 fully saturated rings. The number of rotatable bonds is 10. The molecular weight excluding hydrogens is 1660 g/mol.